The molecule has 0 aromatic heterocycles. The van der Waals surface area contributed by atoms with Crippen molar-refractivity contribution >= 4 is 18.0 Å². The Kier molecular flexibility index (Phi) is 10.4. The van der Waals surface area contributed by atoms with Crippen molar-refractivity contribution in [2.24, 2.45) is 5.92 Å². The van der Waals surface area contributed by atoms with Crippen LogP contribution in [0.5, 0.6) is 0 Å². The molecule has 0 spiro atoms. The minimum atomic E-state index is -1.28. The van der Waals surface area contributed by atoms with Crippen LogP contribution in [0.4, 0.5) is 9.18 Å². The van der Waals surface area contributed by atoms with Crippen molar-refractivity contribution in [2.75, 3.05) is 7.05 Å². The number of esters is 2. The van der Waals surface area contributed by atoms with Crippen LogP contribution in [0.2, 0.25) is 0 Å². The first-order chi connectivity index (χ1) is 16.9. The molecule has 196 valence electrons. The summed E-state index contributed by atoms with van der Waals surface area (Å²) in [6.45, 7) is 9.02. The van der Waals surface area contributed by atoms with Gasteiger partial charge >= 0.3 is 18.0 Å². The molecule has 2 aromatic carbocycles. The van der Waals surface area contributed by atoms with Crippen LogP contribution in [0, 0.1) is 11.7 Å². The van der Waals surface area contributed by atoms with E-state index in [4.69, 9.17) is 14.2 Å². The summed E-state index contributed by atoms with van der Waals surface area (Å²) in [6, 6.07) is 13.7. The number of halogens is 1. The third-order valence-electron chi connectivity index (χ3n) is 5.20. The highest BCUT2D eigenvalue weighted by Crippen LogP contribution is 2.19. The first kappa shape index (κ1) is 28.8. The maximum atomic E-state index is 13.4. The molecule has 1 amide bonds. The van der Waals surface area contributed by atoms with Crippen LogP contribution in [0.3, 0.4) is 0 Å². The van der Waals surface area contributed by atoms with Gasteiger partial charge in [0, 0.05) is 13.5 Å². The molecule has 0 bridgehead atoms. The predicted octanol–water partition coefficient (Wildman–Crippen LogP) is 5.31. The van der Waals surface area contributed by atoms with E-state index in [2.05, 4.69) is 0 Å². The van der Waals surface area contributed by atoms with E-state index in [0.717, 1.165) is 5.56 Å². The lowest BCUT2D eigenvalue weighted by atomic mass is 10.0. The topological polar surface area (TPSA) is 82.1 Å². The SMILES string of the molecule is CC(C)C[C@@H](C(=O)OC(Cc1ccc(F)cc1)C(=O)OCc1ccccc1)N(C)C(=O)OC(C)(C)C. The average Bonchev–Trinajstić information content (AvgIpc) is 2.80. The van der Waals surface area contributed by atoms with Crippen molar-refractivity contribution in [3.05, 3.63) is 71.5 Å². The Morgan fingerprint density at radius 2 is 1.53 bits per heavy atom. The van der Waals surface area contributed by atoms with Gasteiger partial charge in [0.15, 0.2) is 0 Å². The Labute approximate surface area is 212 Å². The summed E-state index contributed by atoms with van der Waals surface area (Å²) >= 11 is 0. The van der Waals surface area contributed by atoms with Crippen molar-refractivity contribution in [3.63, 3.8) is 0 Å². The molecule has 1 unspecified atom stereocenters. The van der Waals surface area contributed by atoms with Gasteiger partial charge in [-0.15, -0.1) is 0 Å². The summed E-state index contributed by atoms with van der Waals surface area (Å²) in [5.41, 5.74) is 0.621. The van der Waals surface area contributed by atoms with Crippen LogP contribution in [0.1, 0.15) is 52.2 Å². The molecule has 2 rings (SSSR count). The lowest BCUT2D eigenvalue weighted by Gasteiger charge is -2.31. The van der Waals surface area contributed by atoms with Crippen LogP contribution in [0.15, 0.2) is 54.6 Å². The lowest BCUT2D eigenvalue weighted by molar-refractivity contribution is -0.171. The Balaban J connectivity index is 2.22. The number of likely N-dealkylation sites (N-methyl/N-ethyl adjacent to an activating group) is 1. The van der Waals surface area contributed by atoms with Gasteiger partial charge in [-0.25, -0.2) is 18.8 Å². The molecule has 2 atom stereocenters. The highest BCUT2D eigenvalue weighted by atomic mass is 19.1. The molecule has 0 heterocycles. The third kappa shape index (κ3) is 9.68. The molecule has 0 aliphatic heterocycles. The highest BCUT2D eigenvalue weighted by molar-refractivity contribution is 5.84. The Hall–Kier alpha value is -3.42. The van der Waals surface area contributed by atoms with Crippen molar-refractivity contribution in [3.8, 4) is 0 Å². The predicted molar refractivity (Wildman–Crippen MR) is 133 cm³/mol. The zero-order chi connectivity index (χ0) is 26.9. The van der Waals surface area contributed by atoms with Gasteiger partial charge in [0.05, 0.1) is 0 Å². The second-order valence-electron chi connectivity index (χ2n) is 10.1. The van der Waals surface area contributed by atoms with E-state index in [9.17, 15) is 18.8 Å². The Morgan fingerprint density at radius 1 is 0.917 bits per heavy atom. The number of hydrogen-bond acceptors (Lipinski definition) is 6. The van der Waals surface area contributed by atoms with E-state index < -0.39 is 41.6 Å². The third-order valence-corrected chi connectivity index (χ3v) is 5.20. The van der Waals surface area contributed by atoms with Crippen molar-refractivity contribution < 1.29 is 33.0 Å². The molecule has 36 heavy (non-hydrogen) atoms. The molecule has 7 nitrogen and oxygen atoms in total. The van der Waals surface area contributed by atoms with Gasteiger partial charge < -0.3 is 14.2 Å². The first-order valence-corrected chi connectivity index (χ1v) is 12.0. The number of carbonyl (C=O) groups is 3. The lowest BCUT2D eigenvalue weighted by Crippen LogP contribution is -2.47. The maximum absolute atomic E-state index is 13.4. The van der Waals surface area contributed by atoms with Crippen LogP contribution in [-0.2, 0) is 36.8 Å². The fourth-order valence-corrected chi connectivity index (χ4v) is 3.37. The van der Waals surface area contributed by atoms with Gasteiger partial charge in [-0.3, -0.25) is 4.90 Å². The quantitative estimate of drug-likeness (QED) is 0.324. The average molecular weight is 502 g/mol. The highest BCUT2D eigenvalue weighted by Gasteiger charge is 2.35. The Bertz CT molecular complexity index is 1000. The van der Waals surface area contributed by atoms with Gasteiger partial charge in [-0.1, -0.05) is 56.3 Å². The zero-order valence-corrected chi connectivity index (χ0v) is 21.8. The number of benzene rings is 2. The van der Waals surface area contributed by atoms with E-state index >= 15 is 0 Å². The van der Waals surface area contributed by atoms with E-state index in [1.807, 2.05) is 44.2 Å². The number of hydrogen-bond donors (Lipinski definition) is 0. The summed E-state index contributed by atoms with van der Waals surface area (Å²) in [5, 5.41) is 0. The van der Waals surface area contributed by atoms with Gasteiger partial charge in [0.1, 0.15) is 24.1 Å². The number of ether oxygens (including phenoxy) is 3. The van der Waals surface area contributed by atoms with Crippen LogP contribution >= 0.6 is 0 Å². The molecule has 0 saturated carbocycles. The van der Waals surface area contributed by atoms with Crippen LogP contribution in [-0.4, -0.2) is 47.7 Å². The Morgan fingerprint density at radius 3 is 2.08 bits per heavy atom. The molecule has 0 radical (unpaired) electrons. The molecule has 0 saturated heterocycles. The monoisotopic (exact) mass is 501 g/mol. The molecular weight excluding hydrogens is 465 g/mol. The fourth-order valence-electron chi connectivity index (χ4n) is 3.37. The van der Waals surface area contributed by atoms with Crippen LogP contribution < -0.4 is 0 Å². The second kappa shape index (κ2) is 13.0. The second-order valence-corrected chi connectivity index (χ2v) is 10.1. The standard InChI is InChI=1S/C28H36FNO6/c1-19(2)16-23(30(6)27(33)36-28(3,4)5)25(31)35-24(17-20-12-14-22(29)15-13-20)26(32)34-18-21-10-8-7-9-11-21/h7-15,19,23-24H,16-18H2,1-6H3/t23-,24?/m0/s1. The van der Waals surface area contributed by atoms with E-state index in [-0.39, 0.29) is 18.9 Å². The van der Waals surface area contributed by atoms with Gasteiger partial charge in [0.2, 0.25) is 6.10 Å². The number of nitrogens with zero attached hydrogens (tertiary/aromatic N) is 1. The first-order valence-electron chi connectivity index (χ1n) is 12.0. The molecule has 8 heteroatoms. The summed E-state index contributed by atoms with van der Waals surface area (Å²) in [6.07, 6.45) is -1.67. The molecule has 0 aliphatic rings. The van der Waals surface area contributed by atoms with Crippen LogP contribution in [0.25, 0.3) is 0 Å². The number of rotatable bonds is 10. The van der Waals surface area contributed by atoms with Crippen molar-refractivity contribution in [2.45, 2.75) is 71.8 Å². The van der Waals surface area contributed by atoms with Crippen molar-refractivity contribution in [1.82, 2.24) is 4.90 Å². The number of carbonyl (C=O) groups excluding carboxylic acids is 3. The zero-order valence-electron chi connectivity index (χ0n) is 21.8. The largest absolute Gasteiger partial charge is 0.458 e. The molecule has 2 aromatic rings. The van der Waals surface area contributed by atoms with Crippen molar-refractivity contribution in [1.29, 1.82) is 0 Å². The normalized spacial score (nSPS) is 13.0. The van der Waals surface area contributed by atoms with E-state index in [1.54, 1.807) is 20.8 Å². The summed E-state index contributed by atoms with van der Waals surface area (Å²) in [7, 11) is 1.46. The molecular formula is C28H36FNO6. The minimum absolute atomic E-state index is 0.00434. The summed E-state index contributed by atoms with van der Waals surface area (Å²) < 4.78 is 29.9. The maximum Gasteiger partial charge on any atom is 0.410 e. The van der Waals surface area contributed by atoms with E-state index in [1.165, 1.54) is 36.2 Å². The van der Waals surface area contributed by atoms with Gasteiger partial charge in [0.25, 0.3) is 0 Å². The molecule has 0 N–H and O–H groups in total. The summed E-state index contributed by atoms with van der Waals surface area (Å²) in [4.78, 5) is 40.1. The molecule has 0 fully saturated rings. The fraction of sp³-hybridized carbons (Fsp3) is 0.464. The van der Waals surface area contributed by atoms with Gasteiger partial charge in [-0.05, 0) is 56.4 Å². The smallest absolute Gasteiger partial charge is 0.410 e. The minimum Gasteiger partial charge on any atom is -0.458 e. The van der Waals surface area contributed by atoms with E-state index in [0.29, 0.717) is 12.0 Å². The van der Waals surface area contributed by atoms with Gasteiger partial charge in [-0.2, -0.15) is 0 Å². The molecule has 0 aliphatic carbocycles. The summed E-state index contributed by atoms with van der Waals surface area (Å²) in [5.74, 6) is -1.86. The number of amides is 1.